The molecule has 5 heteroatoms. The first-order valence-electron chi connectivity index (χ1n) is 14.7. The molecule has 0 aromatic heterocycles. The summed E-state index contributed by atoms with van der Waals surface area (Å²) >= 11 is 0. The smallest absolute Gasteiger partial charge is 0.320 e. The summed E-state index contributed by atoms with van der Waals surface area (Å²) in [4.78, 5) is 10.4. The highest BCUT2D eigenvalue weighted by Gasteiger charge is 2.41. The van der Waals surface area contributed by atoms with Crippen molar-refractivity contribution in [3.8, 4) is 0 Å². The normalized spacial score (nSPS) is 15.1. The Bertz CT molecular complexity index is 516. The average molecular weight is 503 g/mol. The second kappa shape index (κ2) is 22.1. The number of rotatable bonds is 25. The van der Waals surface area contributed by atoms with Crippen molar-refractivity contribution in [3.05, 3.63) is 12.2 Å². The van der Waals surface area contributed by atoms with Crippen LogP contribution in [-0.2, 0) is 9.09 Å². The van der Waals surface area contributed by atoms with Crippen LogP contribution in [0.3, 0.4) is 0 Å². The predicted molar refractivity (Wildman–Crippen MR) is 150 cm³/mol. The van der Waals surface area contributed by atoms with Crippen LogP contribution >= 0.6 is 7.60 Å². The Hall–Kier alpha value is -0.150. The number of hydrogen-bond donors (Lipinski definition) is 1. The first-order valence-corrected chi connectivity index (χ1v) is 16.3. The fraction of sp³-hybridized carbons (Fsp3) is 0.931. The summed E-state index contributed by atoms with van der Waals surface area (Å²) in [7, 11) is 2.32. The lowest BCUT2D eigenvalue weighted by molar-refractivity contribution is -0.883. The van der Waals surface area contributed by atoms with Crippen molar-refractivity contribution in [2.75, 3.05) is 27.7 Å². The van der Waals surface area contributed by atoms with Gasteiger partial charge in [-0.3, -0.25) is 4.57 Å². The van der Waals surface area contributed by atoms with Gasteiger partial charge in [0.2, 0.25) is 0 Å². The molecule has 0 aliphatic rings. The number of allylic oxidation sites excluding steroid dienone is 2. The molecule has 0 aromatic rings. The Balaban J connectivity index is 3.51. The van der Waals surface area contributed by atoms with Gasteiger partial charge in [-0.1, -0.05) is 109 Å². The molecular weight excluding hydrogens is 441 g/mol. The molecule has 204 valence electrons. The third-order valence-electron chi connectivity index (χ3n) is 6.75. The van der Waals surface area contributed by atoms with Crippen LogP contribution in [-0.4, -0.2) is 42.9 Å². The van der Waals surface area contributed by atoms with Crippen LogP contribution in [0, 0.1) is 0 Å². The maximum Gasteiger partial charge on any atom is 0.385 e. The standard InChI is InChI=1S/C29H60NO3P/c1-6-8-9-10-11-12-13-14-15-16-17-18-19-20-21-22-23-24-25-26-28-33-34(31,32)29(27-7-2)30(3,4)5/h22-23,29H,6-21,24-28H2,1-5H3/p+1/b23-22-. The largest absolute Gasteiger partial charge is 0.385 e. The molecule has 2 atom stereocenters. The lowest BCUT2D eigenvalue weighted by Gasteiger charge is -2.35. The van der Waals surface area contributed by atoms with E-state index in [1.165, 1.54) is 96.3 Å². The van der Waals surface area contributed by atoms with Gasteiger partial charge in [-0.05, 0) is 38.5 Å². The van der Waals surface area contributed by atoms with E-state index in [9.17, 15) is 9.46 Å². The Morgan fingerprint density at radius 1 is 0.676 bits per heavy atom. The molecule has 0 fully saturated rings. The van der Waals surface area contributed by atoms with Crippen molar-refractivity contribution < 1.29 is 18.5 Å². The van der Waals surface area contributed by atoms with Gasteiger partial charge in [0.25, 0.3) is 0 Å². The van der Waals surface area contributed by atoms with Gasteiger partial charge in [0.1, 0.15) is 0 Å². The summed E-state index contributed by atoms with van der Waals surface area (Å²) in [6.45, 7) is 4.71. The third-order valence-corrected chi connectivity index (χ3v) is 9.01. The molecule has 0 heterocycles. The molecule has 0 bridgehead atoms. The van der Waals surface area contributed by atoms with E-state index in [0.717, 1.165) is 25.7 Å². The lowest BCUT2D eigenvalue weighted by atomic mass is 10.0. The fourth-order valence-electron chi connectivity index (χ4n) is 4.58. The Morgan fingerprint density at radius 3 is 1.50 bits per heavy atom. The summed E-state index contributed by atoms with van der Waals surface area (Å²) in [5.41, 5.74) is 0. The van der Waals surface area contributed by atoms with Gasteiger partial charge in [0, 0.05) is 6.42 Å². The van der Waals surface area contributed by atoms with Crippen LogP contribution in [0.5, 0.6) is 0 Å². The zero-order chi connectivity index (χ0) is 25.5. The highest BCUT2D eigenvalue weighted by Crippen LogP contribution is 2.51. The molecule has 34 heavy (non-hydrogen) atoms. The van der Waals surface area contributed by atoms with Crippen LogP contribution < -0.4 is 0 Å². The lowest BCUT2D eigenvalue weighted by Crippen LogP contribution is -2.45. The van der Waals surface area contributed by atoms with E-state index in [-0.39, 0.29) is 5.78 Å². The monoisotopic (exact) mass is 502 g/mol. The summed E-state index contributed by atoms with van der Waals surface area (Å²) < 4.78 is 18.6. The van der Waals surface area contributed by atoms with Crippen LogP contribution in [0.2, 0.25) is 0 Å². The molecule has 0 radical (unpaired) electrons. The minimum Gasteiger partial charge on any atom is -0.320 e. The predicted octanol–water partition coefficient (Wildman–Crippen LogP) is 9.62. The van der Waals surface area contributed by atoms with Crippen LogP contribution in [0.1, 0.15) is 142 Å². The zero-order valence-corrected chi connectivity index (χ0v) is 24.6. The van der Waals surface area contributed by atoms with Crippen LogP contribution in [0.4, 0.5) is 0 Å². The second-order valence-electron chi connectivity index (χ2n) is 11.1. The van der Waals surface area contributed by atoms with Gasteiger partial charge < -0.3 is 13.9 Å². The fourth-order valence-corrected chi connectivity index (χ4v) is 6.61. The second-order valence-corrected chi connectivity index (χ2v) is 13.1. The minimum atomic E-state index is -3.58. The first kappa shape index (κ1) is 33.8. The number of unbranched alkanes of at least 4 members (excludes halogenated alkanes) is 16. The van der Waals surface area contributed by atoms with Gasteiger partial charge in [-0.15, -0.1) is 0 Å². The van der Waals surface area contributed by atoms with E-state index in [4.69, 9.17) is 4.52 Å². The highest BCUT2D eigenvalue weighted by atomic mass is 31.2. The van der Waals surface area contributed by atoms with Crippen LogP contribution in [0.25, 0.3) is 0 Å². The van der Waals surface area contributed by atoms with Crippen molar-refractivity contribution in [2.24, 2.45) is 0 Å². The molecule has 0 saturated carbocycles. The number of hydrogen-bond acceptors (Lipinski definition) is 2. The third kappa shape index (κ3) is 20.1. The van der Waals surface area contributed by atoms with E-state index in [1.807, 2.05) is 28.1 Å². The van der Waals surface area contributed by atoms with Crippen molar-refractivity contribution in [2.45, 2.75) is 148 Å². The highest BCUT2D eigenvalue weighted by molar-refractivity contribution is 7.53. The SMILES string of the molecule is CCCCCCCCCCCCCCCC/C=C\CCCCOP(=O)(O)C(CCC)[N+](C)(C)C. The quantitative estimate of drug-likeness (QED) is 0.0585. The topological polar surface area (TPSA) is 46.5 Å². The molecule has 0 saturated heterocycles. The van der Waals surface area contributed by atoms with Crippen LogP contribution in [0.15, 0.2) is 12.2 Å². The summed E-state index contributed by atoms with van der Waals surface area (Å²) in [6.07, 6.45) is 30.0. The molecular formula is C29H61NO3P+. The maximum absolute atomic E-state index is 12.7. The Morgan fingerprint density at radius 2 is 1.09 bits per heavy atom. The van der Waals surface area contributed by atoms with Crippen molar-refractivity contribution in [3.63, 3.8) is 0 Å². The average Bonchev–Trinajstić information content (AvgIpc) is 2.77. The Labute approximate surface area is 214 Å². The molecule has 0 amide bonds. The van der Waals surface area contributed by atoms with Crippen molar-refractivity contribution in [1.82, 2.24) is 0 Å². The number of quaternary nitrogens is 1. The zero-order valence-electron chi connectivity index (χ0n) is 23.7. The van der Waals surface area contributed by atoms with Gasteiger partial charge in [0.15, 0.2) is 5.78 Å². The van der Waals surface area contributed by atoms with Gasteiger partial charge in [-0.2, -0.15) is 0 Å². The molecule has 0 aromatic carbocycles. The first-order chi connectivity index (χ1) is 16.3. The van der Waals surface area contributed by atoms with E-state index in [2.05, 4.69) is 19.1 Å². The van der Waals surface area contributed by atoms with E-state index in [0.29, 0.717) is 17.5 Å². The molecule has 4 nitrogen and oxygen atoms in total. The molecule has 0 aliphatic carbocycles. The molecule has 1 N–H and O–H groups in total. The maximum atomic E-state index is 12.7. The molecule has 0 aliphatic heterocycles. The molecule has 0 spiro atoms. The summed E-state index contributed by atoms with van der Waals surface area (Å²) in [5, 5.41) is 0. The van der Waals surface area contributed by atoms with Crippen molar-refractivity contribution in [1.29, 1.82) is 0 Å². The summed E-state index contributed by atoms with van der Waals surface area (Å²) in [6, 6.07) is 0. The minimum absolute atomic E-state index is 0.345. The van der Waals surface area contributed by atoms with E-state index in [1.54, 1.807) is 0 Å². The van der Waals surface area contributed by atoms with E-state index >= 15 is 0 Å². The molecule has 2 unspecified atom stereocenters. The van der Waals surface area contributed by atoms with Gasteiger partial charge in [0.05, 0.1) is 27.7 Å². The molecule has 0 rings (SSSR count). The van der Waals surface area contributed by atoms with Gasteiger partial charge in [-0.25, -0.2) is 0 Å². The Kier molecular flexibility index (Phi) is 22.0. The van der Waals surface area contributed by atoms with E-state index < -0.39 is 7.60 Å². The number of nitrogens with zero attached hydrogens (tertiary/aromatic N) is 1. The van der Waals surface area contributed by atoms with Crippen molar-refractivity contribution >= 4 is 7.60 Å². The summed E-state index contributed by atoms with van der Waals surface area (Å²) in [5.74, 6) is -0.345. The van der Waals surface area contributed by atoms with Gasteiger partial charge >= 0.3 is 7.60 Å².